The lowest BCUT2D eigenvalue weighted by Crippen LogP contribution is -2.26. The van der Waals surface area contributed by atoms with Crippen LogP contribution in [0.2, 0.25) is 0 Å². The van der Waals surface area contributed by atoms with Crippen molar-refractivity contribution in [2.45, 2.75) is 18.9 Å². The maximum Gasteiger partial charge on any atom is 0.341 e. The summed E-state index contributed by atoms with van der Waals surface area (Å²) in [6.07, 6.45) is 1.81. The summed E-state index contributed by atoms with van der Waals surface area (Å²) in [5, 5.41) is 9.10. The van der Waals surface area contributed by atoms with Crippen LogP contribution >= 0.6 is 0 Å². The van der Waals surface area contributed by atoms with Crippen LogP contribution in [0.1, 0.15) is 29.2 Å². The monoisotopic (exact) mass is 285 g/mol. The van der Waals surface area contributed by atoms with Gasteiger partial charge in [-0.2, -0.15) is 0 Å². The first kappa shape index (κ1) is 13.4. The molecular weight excluding hydrogens is 270 g/mol. The third-order valence-corrected chi connectivity index (χ3v) is 3.62. The Balaban J connectivity index is 2.20. The van der Waals surface area contributed by atoms with E-state index in [0.29, 0.717) is 5.75 Å². The number of aromatic carboxylic acids is 1. The average Bonchev–Trinajstić information content (AvgIpc) is 3.31. The minimum Gasteiger partial charge on any atom is -0.497 e. The second kappa shape index (κ2) is 5.09. The normalized spacial score (nSPS) is 14.0. The number of pyridine rings is 1. The summed E-state index contributed by atoms with van der Waals surface area (Å²) in [6, 6.07) is 10.6. The SMILES string of the molecule is COc1cccc(-c2ccc(C(=O)O)c(=O)n2C2CC2)c1. The van der Waals surface area contributed by atoms with Gasteiger partial charge in [0.25, 0.3) is 5.56 Å². The van der Waals surface area contributed by atoms with E-state index in [2.05, 4.69) is 0 Å². The van der Waals surface area contributed by atoms with E-state index in [0.717, 1.165) is 24.1 Å². The molecule has 5 nitrogen and oxygen atoms in total. The van der Waals surface area contributed by atoms with Crippen LogP contribution in [-0.4, -0.2) is 22.8 Å². The molecule has 1 aromatic carbocycles. The quantitative estimate of drug-likeness (QED) is 0.937. The first-order valence-electron chi connectivity index (χ1n) is 6.75. The molecule has 1 heterocycles. The number of ether oxygens (including phenoxy) is 1. The minimum atomic E-state index is -1.19. The summed E-state index contributed by atoms with van der Waals surface area (Å²) in [5.74, 6) is -0.490. The van der Waals surface area contributed by atoms with Gasteiger partial charge in [-0.1, -0.05) is 12.1 Å². The second-order valence-corrected chi connectivity index (χ2v) is 5.08. The van der Waals surface area contributed by atoms with Crippen LogP contribution in [0, 0.1) is 0 Å². The zero-order valence-electron chi connectivity index (χ0n) is 11.6. The van der Waals surface area contributed by atoms with Gasteiger partial charge in [0.1, 0.15) is 11.3 Å². The molecule has 0 aliphatic heterocycles. The van der Waals surface area contributed by atoms with E-state index in [9.17, 15) is 9.59 Å². The van der Waals surface area contributed by atoms with Crippen LogP contribution < -0.4 is 10.3 Å². The molecule has 1 fully saturated rings. The third kappa shape index (κ3) is 2.42. The van der Waals surface area contributed by atoms with Gasteiger partial charge in [-0.05, 0) is 37.1 Å². The predicted octanol–water partition coefficient (Wildman–Crippen LogP) is 2.56. The maximum absolute atomic E-state index is 12.4. The van der Waals surface area contributed by atoms with Crippen molar-refractivity contribution in [3.05, 3.63) is 52.3 Å². The molecule has 3 rings (SSSR count). The van der Waals surface area contributed by atoms with Gasteiger partial charge in [0.15, 0.2) is 0 Å². The number of nitrogens with zero attached hydrogens (tertiary/aromatic N) is 1. The molecule has 1 N–H and O–H groups in total. The van der Waals surface area contributed by atoms with Gasteiger partial charge in [-0.15, -0.1) is 0 Å². The zero-order chi connectivity index (χ0) is 15.0. The Kier molecular flexibility index (Phi) is 3.25. The number of benzene rings is 1. The molecule has 0 radical (unpaired) electrons. The van der Waals surface area contributed by atoms with Crippen LogP contribution in [0.25, 0.3) is 11.3 Å². The summed E-state index contributed by atoms with van der Waals surface area (Å²) in [5.41, 5.74) is 0.945. The van der Waals surface area contributed by atoms with Gasteiger partial charge in [0.2, 0.25) is 0 Å². The lowest BCUT2D eigenvalue weighted by Gasteiger charge is -2.14. The number of hydrogen-bond acceptors (Lipinski definition) is 3. The molecular formula is C16H15NO4. The van der Waals surface area contributed by atoms with Gasteiger partial charge in [-0.25, -0.2) is 4.79 Å². The molecule has 5 heteroatoms. The van der Waals surface area contributed by atoms with E-state index in [1.54, 1.807) is 17.7 Å². The van der Waals surface area contributed by atoms with Crippen molar-refractivity contribution in [1.82, 2.24) is 4.57 Å². The lowest BCUT2D eigenvalue weighted by molar-refractivity contribution is 0.0694. The second-order valence-electron chi connectivity index (χ2n) is 5.08. The number of methoxy groups -OCH3 is 1. The molecule has 2 aromatic rings. The summed E-state index contributed by atoms with van der Waals surface area (Å²) in [7, 11) is 1.58. The average molecular weight is 285 g/mol. The molecule has 21 heavy (non-hydrogen) atoms. The Morgan fingerprint density at radius 2 is 2.05 bits per heavy atom. The van der Waals surface area contributed by atoms with Crippen molar-refractivity contribution >= 4 is 5.97 Å². The van der Waals surface area contributed by atoms with Gasteiger partial charge in [-0.3, -0.25) is 4.79 Å². The standard InChI is InChI=1S/C16H15NO4/c1-21-12-4-2-3-10(9-12)14-8-7-13(16(19)20)15(18)17(14)11-5-6-11/h2-4,7-9,11H,5-6H2,1H3,(H,19,20). The van der Waals surface area contributed by atoms with Crippen LogP contribution in [0.4, 0.5) is 0 Å². The van der Waals surface area contributed by atoms with E-state index in [-0.39, 0.29) is 11.6 Å². The van der Waals surface area contributed by atoms with Gasteiger partial charge < -0.3 is 14.4 Å². The molecule has 0 bridgehead atoms. The summed E-state index contributed by atoms with van der Waals surface area (Å²) in [4.78, 5) is 23.5. The number of rotatable bonds is 4. The van der Waals surface area contributed by atoms with E-state index >= 15 is 0 Å². The van der Waals surface area contributed by atoms with E-state index < -0.39 is 11.5 Å². The van der Waals surface area contributed by atoms with Crippen LogP contribution in [0.15, 0.2) is 41.2 Å². The van der Waals surface area contributed by atoms with Crippen molar-refractivity contribution in [1.29, 1.82) is 0 Å². The Morgan fingerprint density at radius 1 is 1.29 bits per heavy atom. The molecule has 1 aromatic heterocycles. The molecule has 1 saturated carbocycles. The molecule has 1 aliphatic carbocycles. The van der Waals surface area contributed by atoms with Gasteiger partial charge in [0, 0.05) is 11.6 Å². The van der Waals surface area contributed by atoms with Crippen LogP contribution in [0.5, 0.6) is 5.75 Å². The Bertz CT molecular complexity index is 759. The smallest absolute Gasteiger partial charge is 0.341 e. The minimum absolute atomic E-state index is 0.0954. The fourth-order valence-electron chi connectivity index (χ4n) is 2.43. The largest absolute Gasteiger partial charge is 0.497 e. The maximum atomic E-state index is 12.4. The Morgan fingerprint density at radius 3 is 2.67 bits per heavy atom. The Labute approximate surface area is 121 Å². The first-order valence-corrected chi connectivity index (χ1v) is 6.75. The summed E-state index contributed by atoms with van der Waals surface area (Å²) in [6.45, 7) is 0. The van der Waals surface area contributed by atoms with Crippen LogP contribution in [0.3, 0.4) is 0 Å². The van der Waals surface area contributed by atoms with Crippen molar-refractivity contribution in [3.63, 3.8) is 0 Å². The molecule has 0 spiro atoms. The number of aromatic nitrogens is 1. The van der Waals surface area contributed by atoms with Gasteiger partial charge in [0.05, 0.1) is 12.8 Å². The predicted molar refractivity (Wildman–Crippen MR) is 77.9 cm³/mol. The van der Waals surface area contributed by atoms with Gasteiger partial charge >= 0.3 is 5.97 Å². The van der Waals surface area contributed by atoms with E-state index in [1.807, 2.05) is 24.3 Å². The third-order valence-electron chi connectivity index (χ3n) is 3.62. The van der Waals surface area contributed by atoms with E-state index in [4.69, 9.17) is 9.84 Å². The molecule has 108 valence electrons. The topological polar surface area (TPSA) is 68.5 Å². The Hall–Kier alpha value is -2.56. The molecule has 0 unspecified atom stereocenters. The van der Waals surface area contributed by atoms with Crippen molar-refractivity contribution in [3.8, 4) is 17.0 Å². The highest BCUT2D eigenvalue weighted by Crippen LogP contribution is 2.37. The van der Waals surface area contributed by atoms with Crippen molar-refractivity contribution < 1.29 is 14.6 Å². The molecule has 1 aliphatic rings. The highest BCUT2D eigenvalue weighted by molar-refractivity contribution is 5.87. The summed E-state index contributed by atoms with van der Waals surface area (Å²) >= 11 is 0. The number of carboxylic acids is 1. The van der Waals surface area contributed by atoms with Crippen LogP contribution in [-0.2, 0) is 0 Å². The number of carboxylic acid groups (broad SMARTS) is 1. The number of carbonyl (C=O) groups is 1. The number of hydrogen-bond donors (Lipinski definition) is 1. The highest BCUT2D eigenvalue weighted by Gasteiger charge is 2.29. The van der Waals surface area contributed by atoms with Crippen molar-refractivity contribution in [2.24, 2.45) is 0 Å². The molecule has 0 atom stereocenters. The lowest BCUT2D eigenvalue weighted by atomic mass is 10.1. The van der Waals surface area contributed by atoms with Crippen molar-refractivity contribution in [2.75, 3.05) is 7.11 Å². The summed E-state index contributed by atoms with van der Waals surface area (Å²) < 4.78 is 6.80. The first-order chi connectivity index (χ1) is 10.1. The zero-order valence-corrected chi connectivity index (χ0v) is 11.6. The molecule has 0 saturated heterocycles. The molecule has 0 amide bonds. The highest BCUT2D eigenvalue weighted by atomic mass is 16.5. The fourth-order valence-corrected chi connectivity index (χ4v) is 2.43. The fraction of sp³-hybridized carbons (Fsp3) is 0.250. The van der Waals surface area contributed by atoms with E-state index in [1.165, 1.54) is 6.07 Å².